The van der Waals surface area contributed by atoms with Gasteiger partial charge >= 0.3 is 0 Å². The van der Waals surface area contributed by atoms with Crippen molar-refractivity contribution in [1.82, 2.24) is 9.38 Å². The van der Waals surface area contributed by atoms with Crippen LogP contribution >= 0.6 is 23.2 Å². The fourth-order valence-corrected chi connectivity index (χ4v) is 2.03. The minimum atomic E-state index is 0.116. The summed E-state index contributed by atoms with van der Waals surface area (Å²) < 4.78 is 6.92. The second-order valence-corrected chi connectivity index (χ2v) is 4.20. The van der Waals surface area contributed by atoms with Crippen molar-refractivity contribution in [2.45, 2.75) is 0 Å². The summed E-state index contributed by atoms with van der Waals surface area (Å²) in [6, 6.07) is 6.53. The molecule has 0 aliphatic carbocycles. The van der Waals surface area contributed by atoms with Gasteiger partial charge < -0.3 is 9.52 Å². The van der Waals surface area contributed by atoms with Crippen molar-refractivity contribution in [3.05, 3.63) is 40.8 Å². The number of hydrogen-bond donors (Lipinski definition) is 1. The number of pyridine rings is 1. The van der Waals surface area contributed by atoms with E-state index in [0.717, 1.165) is 0 Å². The predicted molar refractivity (Wildman–Crippen MR) is 64.6 cm³/mol. The molecule has 0 aromatic carbocycles. The number of hydrogen-bond acceptors (Lipinski definition) is 3. The van der Waals surface area contributed by atoms with Crippen LogP contribution in [0.2, 0.25) is 10.4 Å². The molecule has 4 nitrogen and oxygen atoms in total. The Morgan fingerprint density at radius 1 is 1.18 bits per heavy atom. The Morgan fingerprint density at radius 3 is 2.71 bits per heavy atom. The standard InChI is InChI=1S/C11H6Cl2N2O2/c12-9-4-3-8(17-9)11-14-10(13)7-2-1-6(16)5-15(7)11/h1-5,16H. The van der Waals surface area contributed by atoms with Gasteiger partial charge in [-0.1, -0.05) is 11.6 Å². The van der Waals surface area contributed by atoms with E-state index >= 15 is 0 Å². The van der Waals surface area contributed by atoms with Gasteiger partial charge in [0.05, 0.1) is 11.7 Å². The predicted octanol–water partition coefficient (Wildman–Crippen LogP) is 3.61. The maximum Gasteiger partial charge on any atom is 0.194 e. The van der Waals surface area contributed by atoms with Gasteiger partial charge in [0.15, 0.2) is 22.0 Å². The molecule has 3 heterocycles. The minimum Gasteiger partial charge on any atom is -0.506 e. The molecule has 0 aliphatic rings. The normalized spacial score (nSPS) is 11.2. The molecule has 0 fully saturated rings. The fraction of sp³-hybridized carbons (Fsp3) is 0. The third-order valence-electron chi connectivity index (χ3n) is 2.37. The average molecular weight is 269 g/mol. The maximum absolute atomic E-state index is 9.47. The van der Waals surface area contributed by atoms with Crippen LogP contribution in [-0.4, -0.2) is 14.5 Å². The Balaban J connectivity index is 2.33. The third kappa shape index (κ3) is 1.66. The average Bonchev–Trinajstić information content (AvgIpc) is 2.83. The molecule has 0 aliphatic heterocycles. The van der Waals surface area contributed by atoms with Gasteiger partial charge in [-0.05, 0) is 35.9 Å². The van der Waals surface area contributed by atoms with Crippen molar-refractivity contribution in [3.63, 3.8) is 0 Å². The number of furan rings is 1. The quantitative estimate of drug-likeness (QED) is 0.734. The molecule has 3 aromatic heterocycles. The van der Waals surface area contributed by atoms with Gasteiger partial charge in [-0.2, -0.15) is 0 Å². The van der Waals surface area contributed by atoms with Crippen LogP contribution < -0.4 is 0 Å². The molecule has 6 heteroatoms. The number of fused-ring (bicyclic) bond motifs is 1. The van der Waals surface area contributed by atoms with Crippen molar-refractivity contribution in [1.29, 1.82) is 0 Å². The van der Waals surface area contributed by atoms with Gasteiger partial charge in [0.1, 0.15) is 5.75 Å². The first kappa shape index (κ1) is 10.5. The summed E-state index contributed by atoms with van der Waals surface area (Å²) in [6.07, 6.45) is 1.51. The molecule has 0 bridgehead atoms. The van der Waals surface area contributed by atoms with Crippen molar-refractivity contribution in [3.8, 4) is 17.3 Å². The number of rotatable bonds is 1. The summed E-state index contributed by atoms with van der Waals surface area (Å²) in [5, 5.41) is 10.1. The van der Waals surface area contributed by atoms with Crippen molar-refractivity contribution >= 4 is 28.7 Å². The summed E-state index contributed by atoms with van der Waals surface area (Å²) in [7, 11) is 0. The maximum atomic E-state index is 9.47. The molecular formula is C11H6Cl2N2O2. The molecule has 0 unspecified atom stereocenters. The second kappa shape index (κ2) is 3.68. The van der Waals surface area contributed by atoms with E-state index in [1.54, 1.807) is 28.7 Å². The van der Waals surface area contributed by atoms with E-state index in [0.29, 0.717) is 22.3 Å². The van der Waals surface area contributed by atoms with Crippen molar-refractivity contribution in [2.75, 3.05) is 0 Å². The highest BCUT2D eigenvalue weighted by Gasteiger charge is 2.14. The number of halogens is 2. The van der Waals surface area contributed by atoms with E-state index in [-0.39, 0.29) is 11.0 Å². The Bertz CT molecular complexity index is 703. The van der Waals surface area contributed by atoms with Crippen LogP contribution in [0.1, 0.15) is 0 Å². The summed E-state index contributed by atoms with van der Waals surface area (Å²) in [4.78, 5) is 4.18. The highest BCUT2D eigenvalue weighted by Crippen LogP contribution is 2.29. The largest absolute Gasteiger partial charge is 0.506 e. The van der Waals surface area contributed by atoms with Crippen LogP contribution in [0.5, 0.6) is 5.75 Å². The van der Waals surface area contributed by atoms with Gasteiger partial charge in [-0.25, -0.2) is 4.98 Å². The van der Waals surface area contributed by atoms with Gasteiger partial charge in [-0.15, -0.1) is 0 Å². The highest BCUT2D eigenvalue weighted by molar-refractivity contribution is 6.33. The first-order chi connectivity index (χ1) is 8.15. The lowest BCUT2D eigenvalue weighted by Gasteiger charge is -1.98. The smallest absolute Gasteiger partial charge is 0.194 e. The van der Waals surface area contributed by atoms with Crippen LogP contribution in [0.3, 0.4) is 0 Å². The van der Waals surface area contributed by atoms with E-state index < -0.39 is 0 Å². The van der Waals surface area contributed by atoms with Crippen molar-refractivity contribution < 1.29 is 9.52 Å². The molecule has 3 aromatic rings. The number of imidazole rings is 1. The molecule has 0 amide bonds. The minimum absolute atomic E-state index is 0.116. The molecule has 3 rings (SSSR count). The van der Waals surface area contributed by atoms with Crippen LogP contribution in [0.4, 0.5) is 0 Å². The summed E-state index contributed by atoms with van der Waals surface area (Å²) in [5.74, 6) is 1.10. The Morgan fingerprint density at radius 2 is 2.00 bits per heavy atom. The van der Waals surface area contributed by atoms with Crippen molar-refractivity contribution in [2.24, 2.45) is 0 Å². The summed E-state index contributed by atoms with van der Waals surface area (Å²) >= 11 is 11.7. The molecule has 0 radical (unpaired) electrons. The third-order valence-corrected chi connectivity index (χ3v) is 2.85. The van der Waals surface area contributed by atoms with E-state index in [9.17, 15) is 5.11 Å². The zero-order chi connectivity index (χ0) is 12.0. The first-order valence-electron chi connectivity index (χ1n) is 4.77. The number of aromatic nitrogens is 2. The Kier molecular flexibility index (Phi) is 2.28. The number of aromatic hydroxyl groups is 1. The Labute approximate surface area is 106 Å². The van der Waals surface area contributed by atoms with Crippen LogP contribution in [0, 0.1) is 0 Å². The number of nitrogens with zero attached hydrogens (tertiary/aromatic N) is 2. The summed E-state index contributed by atoms with van der Waals surface area (Å²) in [6.45, 7) is 0. The van der Waals surface area contributed by atoms with Gasteiger partial charge in [0.2, 0.25) is 0 Å². The van der Waals surface area contributed by atoms with E-state index in [1.807, 2.05) is 0 Å². The monoisotopic (exact) mass is 268 g/mol. The first-order valence-corrected chi connectivity index (χ1v) is 5.53. The van der Waals surface area contributed by atoms with Crippen LogP contribution in [0.15, 0.2) is 34.9 Å². The highest BCUT2D eigenvalue weighted by atomic mass is 35.5. The fourth-order valence-electron chi connectivity index (χ4n) is 1.65. The van der Waals surface area contributed by atoms with E-state index in [2.05, 4.69) is 4.98 Å². The molecule has 0 saturated carbocycles. The lowest BCUT2D eigenvalue weighted by Crippen LogP contribution is -1.87. The molecule has 1 N–H and O–H groups in total. The SMILES string of the molecule is Oc1ccc2c(Cl)nc(-c3ccc(Cl)o3)n2c1. The molecule has 0 saturated heterocycles. The molecule has 0 spiro atoms. The van der Waals surface area contributed by atoms with Crippen LogP contribution in [0.25, 0.3) is 17.1 Å². The zero-order valence-corrected chi connectivity index (χ0v) is 9.90. The molecule has 86 valence electrons. The Hall–Kier alpha value is -1.65. The van der Waals surface area contributed by atoms with E-state index in [4.69, 9.17) is 27.6 Å². The van der Waals surface area contributed by atoms with Crippen LogP contribution in [-0.2, 0) is 0 Å². The molecular weight excluding hydrogens is 263 g/mol. The molecule has 17 heavy (non-hydrogen) atoms. The lowest BCUT2D eigenvalue weighted by molar-refractivity contribution is 0.472. The molecule has 0 atom stereocenters. The van der Waals surface area contributed by atoms with Gasteiger partial charge in [0.25, 0.3) is 0 Å². The van der Waals surface area contributed by atoms with E-state index in [1.165, 1.54) is 6.20 Å². The van der Waals surface area contributed by atoms with Gasteiger partial charge in [-0.3, -0.25) is 4.40 Å². The topological polar surface area (TPSA) is 50.7 Å². The zero-order valence-electron chi connectivity index (χ0n) is 8.39. The summed E-state index contributed by atoms with van der Waals surface area (Å²) in [5.41, 5.74) is 0.687. The lowest BCUT2D eigenvalue weighted by atomic mass is 10.4. The second-order valence-electron chi connectivity index (χ2n) is 3.47. The van der Waals surface area contributed by atoms with Gasteiger partial charge in [0, 0.05) is 0 Å².